The first-order valence-corrected chi connectivity index (χ1v) is 6.04. The predicted octanol–water partition coefficient (Wildman–Crippen LogP) is 3.50. The molecule has 0 unspecified atom stereocenters. The third-order valence-electron chi connectivity index (χ3n) is 3.11. The van der Waals surface area contributed by atoms with E-state index in [4.69, 9.17) is 14.7 Å². The van der Waals surface area contributed by atoms with Crippen LogP contribution < -0.4 is 9.47 Å². The zero-order valence-corrected chi connectivity index (χ0v) is 11.3. The monoisotopic (exact) mass is 267 g/mol. The van der Waals surface area contributed by atoms with Gasteiger partial charge in [0, 0.05) is 0 Å². The van der Waals surface area contributed by atoms with Crippen molar-refractivity contribution in [3.8, 4) is 17.6 Å². The smallest absolute Gasteiger partial charge is 0.161 e. The van der Waals surface area contributed by atoms with E-state index in [9.17, 15) is 0 Å². The molecule has 0 atom stereocenters. The molecule has 98 valence electrons. The summed E-state index contributed by atoms with van der Waals surface area (Å²) >= 11 is 0. The van der Waals surface area contributed by atoms with Crippen molar-refractivity contribution in [2.24, 2.45) is 0 Å². The lowest BCUT2D eigenvalue weighted by atomic mass is 10.1. The largest absolute Gasteiger partial charge is 0.493 e. The second kappa shape index (κ2) is 7.13. The quantitative estimate of drug-likeness (QED) is 0.838. The molecule has 0 saturated heterocycles. The summed E-state index contributed by atoms with van der Waals surface area (Å²) in [5, 5.41) is 8.70. The average Bonchev–Trinajstić information content (AvgIpc) is 2.83. The van der Waals surface area contributed by atoms with Gasteiger partial charge in [-0.3, -0.25) is 0 Å². The van der Waals surface area contributed by atoms with Crippen molar-refractivity contribution in [2.45, 2.75) is 38.2 Å². The van der Waals surface area contributed by atoms with Crippen LogP contribution in [0.1, 0.15) is 31.2 Å². The Balaban J connectivity index is 0.00000162. The molecule has 0 aliphatic heterocycles. The Morgan fingerprint density at radius 2 is 2.00 bits per heavy atom. The molecule has 18 heavy (non-hydrogen) atoms. The van der Waals surface area contributed by atoms with E-state index in [0.717, 1.165) is 29.9 Å². The highest BCUT2D eigenvalue weighted by Crippen LogP contribution is 2.32. The molecular weight excluding hydrogens is 250 g/mol. The van der Waals surface area contributed by atoms with Crippen LogP contribution >= 0.6 is 12.4 Å². The van der Waals surface area contributed by atoms with Crippen LogP contribution in [-0.2, 0) is 6.42 Å². The van der Waals surface area contributed by atoms with E-state index in [2.05, 4.69) is 6.07 Å². The number of halogens is 1. The maximum atomic E-state index is 8.70. The Hall–Kier alpha value is -1.40. The van der Waals surface area contributed by atoms with Crippen molar-refractivity contribution < 1.29 is 9.47 Å². The highest BCUT2D eigenvalue weighted by molar-refractivity contribution is 5.85. The summed E-state index contributed by atoms with van der Waals surface area (Å²) in [4.78, 5) is 0. The Morgan fingerprint density at radius 1 is 1.28 bits per heavy atom. The lowest BCUT2D eigenvalue weighted by Crippen LogP contribution is -2.11. The van der Waals surface area contributed by atoms with Gasteiger partial charge < -0.3 is 9.47 Å². The van der Waals surface area contributed by atoms with E-state index >= 15 is 0 Å². The van der Waals surface area contributed by atoms with Gasteiger partial charge in [0.25, 0.3) is 0 Å². The van der Waals surface area contributed by atoms with Crippen LogP contribution in [0.3, 0.4) is 0 Å². The maximum absolute atomic E-state index is 8.70. The highest BCUT2D eigenvalue weighted by Gasteiger charge is 2.18. The molecule has 0 amide bonds. The number of hydrogen-bond acceptors (Lipinski definition) is 3. The summed E-state index contributed by atoms with van der Waals surface area (Å²) in [7, 11) is 1.64. The molecule has 0 N–H and O–H groups in total. The zero-order chi connectivity index (χ0) is 12.1. The van der Waals surface area contributed by atoms with Gasteiger partial charge >= 0.3 is 0 Å². The number of nitrogens with zero attached hydrogens (tertiary/aromatic N) is 1. The Labute approximate surface area is 114 Å². The van der Waals surface area contributed by atoms with E-state index in [1.807, 2.05) is 18.2 Å². The average molecular weight is 268 g/mol. The third-order valence-corrected chi connectivity index (χ3v) is 3.11. The van der Waals surface area contributed by atoms with Crippen molar-refractivity contribution in [3.63, 3.8) is 0 Å². The first-order valence-electron chi connectivity index (χ1n) is 6.04. The molecule has 0 spiro atoms. The van der Waals surface area contributed by atoms with Gasteiger partial charge in [-0.25, -0.2) is 0 Å². The van der Waals surface area contributed by atoms with E-state index in [1.165, 1.54) is 12.8 Å². The molecule has 3 nitrogen and oxygen atoms in total. The molecule has 1 aromatic carbocycles. The summed E-state index contributed by atoms with van der Waals surface area (Å²) in [6.07, 6.45) is 5.43. The molecule has 1 aromatic rings. The first-order chi connectivity index (χ1) is 8.33. The van der Waals surface area contributed by atoms with Gasteiger partial charge in [-0.05, 0) is 43.4 Å². The van der Waals surface area contributed by atoms with Gasteiger partial charge in [0.1, 0.15) is 0 Å². The van der Waals surface area contributed by atoms with Crippen molar-refractivity contribution in [1.82, 2.24) is 0 Å². The number of benzene rings is 1. The second-order valence-electron chi connectivity index (χ2n) is 4.34. The van der Waals surface area contributed by atoms with Gasteiger partial charge in [-0.1, -0.05) is 6.07 Å². The van der Waals surface area contributed by atoms with Crippen molar-refractivity contribution in [3.05, 3.63) is 23.8 Å². The van der Waals surface area contributed by atoms with E-state index in [-0.39, 0.29) is 12.4 Å². The molecular formula is C14H18ClNO2. The minimum atomic E-state index is 0. The van der Waals surface area contributed by atoms with Crippen LogP contribution in [0.2, 0.25) is 0 Å². The molecule has 1 saturated carbocycles. The predicted molar refractivity (Wildman–Crippen MR) is 72.4 cm³/mol. The second-order valence-corrected chi connectivity index (χ2v) is 4.34. The number of rotatable bonds is 4. The molecule has 0 radical (unpaired) electrons. The van der Waals surface area contributed by atoms with Crippen LogP contribution in [-0.4, -0.2) is 13.2 Å². The molecule has 1 aliphatic carbocycles. The third kappa shape index (κ3) is 3.54. The van der Waals surface area contributed by atoms with Crippen LogP contribution in [0.5, 0.6) is 11.5 Å². The van der Waals surface area contributed by atoms with Crippen LogP contribution in [0.15, 0.2) is 18.2 Å². The first kappa shape index (κ1) is 14.7. The van der Waals surface area contributed by atoms with Crippen LogP contribution in [0.25, 0.3) is 0 Å². The van der Waals surface area contributed by atoms with Gasteiger partial charge in [0.2, 0.25) is 0 Å². The number of ether oxygens (including phenoxy) is 2. The maximum Gasteiger partial charge on any atom is 0.161 e. The highest BCUT2D eigenvalue weighted by atomic mass is 35.5. The molecule has 4 heteroatoms. The number of hydrogen-bond donors (Lipinski definition) is 0. The Bertz CT molecular complexity index is 422. The summed E-state index contributed by atoms with van der Waals surface area (Å²) in [5.41, 5.74) is 0.973. The zero-order valence-electron chi connectivity index (χ0n) is 10.5. The molecule has 0 aromatic heterocycles. The molecule has 2 rings (SSSR count). The normalized spacial score (nSPS) is 14.7. The van der Waals surface area contributed by atoms with E-state index < -0.39 is 0 Å². The lowest BCUT2D eigenvalue weighted by molar-refractivity contribution is 0.200. The van der Waals surface area contributed by atoms with Gasteiger partial charge in [0.05, 0.1) is 25.7 Å². The summed E-state index contributed by atoms with van der Waals surface area (Å²) in [5.74, 6) is 1.52. The molecule has 0 heterocycles. The van der Waals surface area contributed by atoms with Crippen LogP contribution in [0, 0.1) is 11.3 Å². The molecule has 1 fully saturated rings. The summed E-state index contributed by atoms with van der Waals surface area (Å²) in [6, 6.07) is 7.84. The van der Waals surface area contributed by atoms with Gasteiger partial charge in [-0.2, -0.15) is 5.26 Å². The Kier molecular flexibility index (Phi) is 5.80. The van der Waals surface area contributed by atoms with Crippen molar-refractivity contribution in [2.75, 3.05) is 7.11 Å². The van der Waals surface area contributed by atoms with Gasteiger partial charge in [0.15, 0.2) is 11.5 Å². The molecule has 1 aliphatic rings. The standard InChI is InChI=1S/C14H17NO2.ClH/c1-16-13-7-6-11(8-9-15)10-14(13)17-12-4-2-3-5-12;/h6-7,10,12H,2-5,8H2,1H3;1H. The van der Waals surface area contributed by atoms with Crippen LogP contribution in [0.4, 0.5) is 0 Å². The van der Waals surface area contributed by atoms with E-state index in [1.54, 1.807) is 7.11 Å². The number of methoxy groups -OCH3 is 1. The topological polar surface area (TPSA) is 42.2 Å². The minimum Gasteiger partial charge on any atom is -0.493 e. The lowest BCUT2D eigenvalue weighted by Gasteiger charge is -2.16. The fourth-order valence-electron chi connectivity index (χ4n) is 2.20. The summed E-state index contributed by atoms with van der Waals surface area (Å²) in [6.45, 7) is 0. The SMILES string of the molecule is COc1ccc(CC#N)cc1OC1CCCC1.Cl. The fourth-order valence-corrected chi connectivity index (χ4v) is 2.20. The Morgan fingerprint density at radius 3 is 2.61 bits per heavy atom. The minimum absolute atomic E-state index is 0. The van der Waals surface area contributed by atoms with Crippen molar-refractivity contribution in [1.29, 1.82) is 5.26 Å². The van der Waals surface area contributed by atoms with E-state index in [0.29, 0.717) is 12.5 Å². The van der Waals surface area contributed by atoms with Gasteiger partial charge in [-0.15, -0.1) is 12.4 Å². The van der Waals surface area contributed by atoms with Crippen molar-refractivity contribution >= 4 is 12.4 Å². The number of nitriles is 1. The summed E-state index contributed by atoms with van der Waals surface area (Å²) < 4.78 is 11.2. The molecule has 0 bridgehead atoms. The fraction of sp³-hybridized carbons (Fsp3) is 0.500.